The molecule has 0 bridgehead atoms. The van der Waals surface area contributed by atoms with Crippen LogP contribution in [0.15, 0.2) is 24.3 Å². The maximum absolute atomic E-state index is 12.0. The number of rotatable bonds is 8. The first-order chi connectivity index (χ1) is 9.99. The van der Waals surface area contributed by atoms with Gasteiger partial charge in [0, 0.05) is 37.9 Å². The maximum Gasteiger partial charge on any atom is 0.251 e. The molecule has 0 unspecified atom stereocenters. The van der Waals surface area contributed by atoms with E-state index < -0.39 is 0 Å². The van der Waals surface area contributed by atoms with E-state index in [9.17, 15) is 9.59 Å². The van der Waals surface area contributed by atoms with Crippen LogP contribution in [0.4, 0.5) is 5.69 Å². The van der Waals surface area contributed by atoms with Gasteiger partial charge < -0.3 is 15.4 Å². The Balaban J connectivity index is 2.33. The van der Waals surface area contributed by atoms with Crippen LogP contribution < -0.4 is 10.6 Å². The Bertz CT molecular complexity index is 472. The van der Waals surface area contributed by atoms with Crippen molar-refractivity contribution in [2.24, 2.45) is 5.92 Å². The molecule has 0 heterocycles. The lowest BCUT2D eigenvalue weighted by Crippen LogP contribution is -2.25. The molecule has 116 valence electrons. The zero-order valence-electron chi connectivity index (χ0n) is 12.9. The number of benzene rings is 1. The van der Waals surface area contributed by atoms with Crippen molar-refractivity contribution in [3.8, 4) is 0 Å². The molecular formula is C16H24N2O3. The predicted molar refractivity (Wildman–Crippen MR) is 83.4 cm³/mol. The van der Waals surface area contributed by atoms with Crippen molar-refractivity contribution < 1.29 is 14.3 Å². The van der Waals surface area contributed by atoms with Gasteiger partial charge in [-0.05, 0) is 30.5 Å². The van der Waals surface area contributed by atoms with Gasteiger partial charge in [0.2, 0.25) is 5.91 Å². The van der Waals surface area contributed by atoms with Crippen LogP contribution in [0.25, 0.3) is 0 Å². The lowest BCUT2D eigenvalue weighted by atomic mass is 10.2. The van der Waals surface area contributed by atoms with E-state index in [1.165, 1.54) is 6.92 Å². The third-order valence-corrected chi connectivity index (χ3v) is 2.65. The molecule has 0 saturated heterocycles. The van der Waals surface area contributed by atoms with Gasteiger partial charge in [-0.15, -0.1) is 0 Å². The number of carbonyl (C=O) groups excluding carboxylic acids is 2. The molecule has 0 aliphatic carbocycles. The minimum atomic E-state index is -0.158. The van der Waals surface area contributed by atoms with Gasteiger partial charge in [-0.25, -0.2) is 0 Å². The molecule has 0 spiro atoms. The fourth-order valence-corrected chi connectivity index (χ4v) is 1.74. The molecule has 1 aromatic rings. The second-order valence-corrected chi connectivity index (χ2v) is 5.34. The Morgan fingerprint density at radius 1 is 1.29 bits per heavy atom. The van der Waals surface area contributed by atoms with E-state index >= 15 is 0 Å². The van der Waals surface area contributed by atoms with Crippen LogP contribution in [0, 0.1) is 5.92 Å². The molecule has 0 aliphatic heterocycles. The van der Waals surface area contributed by atoms with Gasteiger partial charge in [0.25, 0.3) is 5.91 Å². The van der Waals surface area contributed by atoms with E-state index in [4.69, 9.17) is 4.74 Å². The molecule has 5 heteroatoms. The summed E-state index contributed by atoms with van der Waals surface area (Å²) in [6, 6.07) is 6.87. The number of hydrogen-bond donors (Lipinski definition) is 2. The van der Waals surface area contributed by atoms with Crippen LogP contribution in [-0.4, -0.2) is 31.6 Å². The highest BCUT2D eigenvalue weighted by atomic mass is 16.5. The molecule has 0 radical (unpaired) electrons. The molecule has 2 N–H and O–H groups in total. The fraction of sp³-hybridized carbons (Fsp3) is 0.500. The predicted octanol–water partition coefficient (Wildman–Crippen LogP) is 2.44. The van der Waals surface area contributed by atoms with Crippen molar-refractivity contribution in [3.05, 3.63) is 29.8 Å². The summed E-state index contributed by atoms with van der Waals surface area (Å²) in [5, 5.41) is 5.49. The van der Waals surface area contributed by atoms with E-state index in [1.807, 2.05) is 0 Å². The van der Waals surface area contributed by atoms with E-state index in [0.717, 1.165) is 13.0 Å². The summed E-state index contributed by atoms with van der Waals surface area (Å²) in [7, 11) is 0. The van der Waals surface area contributed by atoms with Gasteiger partial charge >= 0.3 is 0 Å². The summed E-state index contributed by atoms with van der Waals surface area (Å²) < 4.78 is 5.45. The average Bonchev–Trinajstić information content (AvgIpc) is 2.41. The molecule has 0 aliphatic rings. The molecule has 5 nitrogen and oxygen atoms in total. The zero-order chi connectivity index (χ0) is 15.7. The van der Waals surface area contributed by atoms with Crippen LogP contribution in [0.5, 0.6) is 0 Å². The quantitative estimate of drug-likeness (QED) is 0.723. The molecule has 0 fully saturated rings. The van der Waals surface area contributed by atoms with Gasteiger partial charge in [0.15, 0.2) is 0 Å². The Labute approximate surface area is 126 Å². The van der Waals surface area contributed by atoms with Crippen molar-refractivity contribution in [2.45, 2.75) is 27.2 Å². The third kappa shape index (κ3) is 7.46. The van der Waals surface area contributed by atoms with Crippen molar-refractivity contribution in [2.75, 3.05) is 25.1 Å². The van der Waals surface area contributed by atoms with Crippen molar-refractivity contribution in [3.63, 3.8) is 0 Å². The first-order valence-corrected chi connectivity index (χ1v) is 7.22. The molecule has 0 atom stereocenters. The molecule has 0 aromatic heterocycles. The van der Waals surface area contributed by atoms with Crippen molar-refractivity contribution in [1.82, 2.24) is 5.32 Å². The SMILES string of the molecule is CC(=O)Nc1cccc(C(=O)NCCCOCC(C)C)c1. The van der Waals surface area contributed by atoms with Gasteiger partial charge in [0.05, 0.1) is 0 Å². The topological polar surface area (TPSA) is 67.4 Å². The molecule has 21 heavy (non-hydrogen) atoms. The summed E-state index contributed by atoms with van der Waals surface area (Å²) in [6.45, 7) is 7.59. The second-order valence-electron chi connectivity index (χ2n) is 5.34. The number of amides is 2. The highest BCUT2D eigenvalue weighted by Crippen LogP contribution is 2.10. The molecular weight excluding hydrogens is 268 g/mol. The monoisotopic (exact) mass is 292 g/mol. The first-order valence-electron chi connectivity index (χ1n) is 7.22. The first kappa shape index (κ1) is 17.2. The number of hydrogen-bond acceptors (Lipinski definition) is 3. The van der Waals surface area contributed by atoms with Crippen LogP contribution in [0.1, 0.15) is 37.6 Å². The summed E-state index contributed by atoms with van der Waals surface area (Å²) in [5.74, 6) is 0.219. The number of ether oxygens (including phenoxy) is 1. The zero-order valence-corrected chi connectivity index (χ0v) is 12.9. The summed E-state index contributed by atoms with van der Waals surface area (Å²) >= 11 is 0. The van der Waals surface area contributed by atoms with E-state index in [0.29, 0.717) is 30.3 Å². The number of nitrogens with one attached hydrogen (secondary N) is 2. The van der Waals surface area contributed by atoms with Crippen molar-refractivity contribution in [1.29, 1.82) is 0 Å². The summed E-state index contributed by atoms with van der Waals surface area (Å²) in [6.07, 6.45) is 0.782. The molecule has 0 saturated carbocycles. The smallest absolute Gasteiger partial charge is 0.251 e. The normalized spacial score (nSPS) is 10.5. The average molecular weight is 292 g/mol. The second kappa shape index (κ2) is 9.13. The highest BCUT2D eigenvalue weighted by molar-refractivity contribution is 5.96. The largest absolute Gasteiger partial charge is 0.381 e. The van der Waals surface area contributed by atoms with Crippen LogP contribution in [-0.2, 0) is 9.53 Å². The Hall–Kier alpha value is -1.88. The van der Waals surface area contributed by atoms with E-state index in [-0.39, 0.29) is 11.8 Å². The molecule has 1 aromatic carbocycles. The summed E-state index contributed by atoms with van der Waals surface area (Å²) in [4.78, 5) is 22.9. The Kier molecular flexibility index (Phi) is 7.46. The van der Waals surface area contributed by atoms with Gasteiger partial charge in [-0.2, -0.15) is 0 Å². The van der Waals surface area contributed by atoms with Gasteiger partial charge in [-0.3, -0.25) is 9.59 Å². The number of anilines is 1. The van der Waals surface area contributed by atoms with Crippen LogP contribution in [0.3, 0.4) is 0 Å². The van der Waals surface area contributed by atoms with Gasteiger partial charge in [0.1, 0.15) is 0 Å². The fourth-order valence-electron chi connectivity index (χ4n) is 1.74. The van der Waals surface area contributed by atoms with Crippen molar-refractivity contribution >= 4 is 17.5 Å². The van der Waals surface area contributed by atoms with E-state index in [2.05, 4.69) is 24.5 Å². The minimum absolute atomic E-state index is 0.147. The maximum atomic E-state index is 12.0. The molecule has 2 amide bonds. The lowest BCUT2D eigenvalue weighted by molar-refractivity contribution is -0.114. The Morgan fingerprint density at radius 2 is 2.05 bits per heavy atom. The Morgan fingerprint density at radius 3 is 2.71 bits per heavy atom. The number of carbonyl (C=O) groups is 2. The minimum Gasteiger partial charge on any atom is -0.381 e. The van der Waals surface area contributed by atoms with Gasteiger partial charge in [-0.1, -0.05) is 19.9 Å². The van der Waals surface area contributed by atoms with Crippen LogP contribution in [0.2, 0.25) is 0 Å². The third-order valence-electron chi connectivity index (χ3n) is 2.65. The summed E-state index contributed by atoms with van der Waals surface area (Å²) in [5.41, 5.74) is 1.15. The van der Waals surface area contributed by atoms with Crippen LogP contribution >= 0.6 is 0 Å². The molecule has 1 rings (SSSR count). The highest BCUT2D eigenvalue weighted by Gasteiger charge is 2.06. The van der Waals surface area contributed by atoms with E-state index in [1.54, 1.807) is 24.3 Å². The lowest BCUT2D eigenvalue weighted by Gasteiger charge is -2.09. The standard InChI is InChI=1S/C16H24N2O3/c1-12(2)11-21-9-5-8-17-16(20)14-6-4-7-15(10-14)18-13(3)19/h4,6-7,10,12H,5,8-9,11H2,1-3H3,(H,17,20)(H,18,19).